The van der Waals surface area contributed by atoms with Gasteiger partial charge in [-0.25, -0.2) is 4.39 Å². The first-order valence-electron chi connectivity index (χ1n) is 13.8. The maximum Gasteiger partial charge on any atom is 0.228 e. The van der Waals surface area contributed by atoms with E-state index in [1.54, 1.807) is 13.2 Å². The number of aryl methyl sites for hydroxylation is 1. The average molecular weight is 511 g/mol. The SMILES string of the molecule is CNCC1CC1(C)C(=O)N1CCCC(C(O)(CCCCOC)c2cccc(F)c2-c2cccc(C)c2)C1. The molecule has 0 spiro atoms. The van der Waals surface area contributed by atoms with Gasteiger partial charge >= 0.3 is 0 Å². The minimum Gasteiger partial charge on any atom is -0.385 e. The van der Waals surface area contributed by atoms with E-state index in [0.29, 0.717) is 43.2 Å². The molecule has 0 aromatic heterocycles. The first-order chi connectivity index (χ1) is 17.7. The van der Waals surface area contributed by atoms with E-state index >= 15 is 4.39 Å². The molecule has 2 fully saturated rings. The monoisotopic (exact) mass is 510 g/mol. The van der Waals surface area contributed by atoms with Gasteiger partial charge in [0.25, 0.3) is 0 Å². The molecule has 2 aromatic carbocycles. The maximum atomic E-state index is 15.5. The van der Waals surface area contributed by atoms with E-state index in [2.05, 4.69) is 12.2 Å². The lowest BCUT2D eigenvalue weighted by molar-refractivity contribution is -0.142. The number of halogens is 1. The third-order valence-corrected chi connectivity index (χ3v) is 8.68. The smallest absolute Gasteiger partial charge is 0.228 e. The first kappa shape index (κ1) is 27.7. The summed E-state index contributed by atoms with van der Waals surface area (Å²) in [6, 6.07) is 12.8. The van der Waals surface area contributed by atoms with Crippen LogP contribution in [-0.2, 0) is 15.1 Å². The van der Waals surface area contributed by atoms with Gasteiger partial charge in [-0.3, -0.25) is 4.79 Å². The number of nitrogens with zero attached hydrogens (tertiary/aromatic N) is 1. The summed E-state index contributed by atoms with van der Waals surface area (Å²) in [4.78, 5) is 15.6. The van der Waals surface area contributed by atoms with Crippen LogP contribution in [0.1, 0.15) is 56.6 Å². The molecule has 2 N–H and O–H groups in total. The van der Waals surface area contributed by atoms with Crippen molar-refractivity contribution in [1.29, 1.82) is 0 Å². The Morgan fingerprint density at radius 3 is 2.78 bits per heavy atom. The second-order valence-corrected chi connectivity index (χ2v) is 11.4. The van der Waals surface area contributed by atoms with Crippen LogP contribution in [0.5, 0.6) is 0 Å². The summed E-state index contributed by atoms with van der Waals surface area (Å²) in [6.07, 6.45) is 4.58. The van der Waals surface area contributed by atoms with Gasteiger partial charge in [0.15, 0.2) is 0 Å². The number of unbranched alkanes of at least 4 members (excludes halogenated alkanes) is 1. The number of rotatable bonds is 11. The molecule has 1 saturated heterocycles. The zero-order chi connectivity index (χ0) is 26.6. The molecule has 2 aromatic rings. The first-order valence-corrected chi connectivity index (χ1v) is 13.8. The zero-order valence-electron chi connectivity index (χ0n) is 22.9. The Labute approximate surface area is 221 Å². The van der Waals surface area contributed by atoms with E-state index in [0.717, 1.165) is 49.8 Å². The molecule has 6 heteroatoms. The van der Waals surface area contributed by atoms with Gasteiger partial charge in [0, 0.05) is 38.3 Å². The molecule has 37 heavy (non-hydrogen) atoms. The third kappa shape index (κ3) is 5.76. The van der Waals surface area contributed by atoms with Crippen LogP contribution in [0, 0.1) is 30.0 Å². The minimum atomic E-state index is -1.26. The van der Waals surface area contributed by atoms with Crippen LogP contribution in [0.4, 0.5) is 4.39 Å². The molecule has 0 radical (unpaired) electrons. The van der Waals surface area contributed by atoms with E-state index in [1.165, 1.54) is 6.07 Å². The summed E-state index contributed by atoms with van der Waals surface area (Å²) < 4.78 is 20.7. The van der Waals surface area contributed by atoms with E-state index < -0.39 is 5.60 Å². The number of nitrogens with one attached hydrogen (secondary N) is 1. The lowest BCUT2D eigenvalue weighted by Gasteiger charge is -2.44. The van der Waals surface area contributed by atoms with E-state index in [4.69, 9.17) is 4.74 Å². The number of ether oxygens (including phenoxy) is 1. The number of aliphatic hydroxyl groups is 1. The topological polar surface area (TPSA) is 61.8 Å². The summed E-state index contributed by atoms with van der Waals surface area (Å²) in [5.74, 6) is 0.0394. The molecule has 2 aliphatic rings. The van der Waals surface area contributed by atoms with E-state index in [-0.39, 0.29) is 23.1 Å². The van der Waals surface area contributed by atoms with Crippen LogP contribution in [0.15, 0.2) is 42.5 Å². The van der Waals surface area contributed by atoms with Crippen molar-refractivity contribution in [2.45, 2.75) is 58.0 Å². The number of carbonyl (C=O) groups excluding carboxylic acids is 1. The van der Waals surface area contributed by atoms with Crippen LogP contribution >= 0.6 is 0 Å². The highest BCUT2D eigenvalue weighted by Gasteiger charge is 2.57. The fourth-order valence-electron chi connectivity index (χ4n) is 6.35. The lowest BCUT2D eigenvalue weighted by Crippen LogP contribution is -2.50. The predicted molar refractivity (Wildman–Crippen MR) is 146 cm³/mol. The number of piperidine rings is 1. The minimum absolute atomic E-state index is 0.178. The number of methoxy groups -OCH3 is 1. The Morgan fingerprint density at radius 2 is 2.05 bits per heavy atom. The van der Waals surface area contributed by atoms with Gasteiger partial charge < -0.3 is 20.1 Å². The van der Waals surface area contributed by atoms with Gasteiger partial charge in [-0.15, -0.1) is 0 Å². The maximum absolute atomic E-state index is 15.5. The molecule has 4 atom stereocenters. The second kappa shape index (κ2) is 11.6. The highest BCUT2D eigenvalue weighted by atomic mass is 19.1. The molecule has 4 rings (SSSR count). The van der Waals surface area contributed by atoms with Crippen molar-refractivity contribution in [3.05, 3.63) is 59.4 Å². The highest BCUT2D eigenvalue weighted by Crippen LogP contribution is 2.54. The fourth-order valence-corrected chi connectivity index (χ4v) is 6.35. The summed E-state index contributed by atoms with van der Waals surface area (Å²) in [5, 5.41) is 15.7. The van der Waals surface area contributed by atoms with Gasteiger partial charge in [0.1, 0.15) is 5.82 Å². The fraction of sp³-hybridized carbons (Fsp3) is 0.581. The third-order valence-electron chi connectivity index (χ3n) is 8.68. The van der Waals surface area contributed by atoms with Crippen LogP contribution < -0.4 is 5.32 Å². The number of likely N-dealkylation sites (tertiary alicyclic amines) is 1. The summed E-state index contributed by atoms with van der Waals surface area (Å²) in [7, 11) is 3.60. The van der Waals surface area contributed by atoms with Crippen LogP contribution in [0.25, 0.3) is 11.1 Å². The van der Waals surface area contributed by atoms with Crippen molar-refractivity contribution in [1.82, 2.24) is 10.2 Å². The number of hydrogen-bond acceptors (Lipinski definition) is 4. The molecule has 1 aliphatic carbocycles. The van der Waals surface area contributed by atoms with Crippen molar-refractivity contribution in [3.8, 4) is 11.1 Å². The predicted octanol–water partition coefficient (Wildman–Crippen LogP) is 5.29. The molecule has 1 aliphatic heterocycles. The Hall–Kier alpha value is -2.28. The Morgan fingerprint density at radius 1 is 1.27 bits per heavy atom. The van der Waals surface area contributed by atoms with Crippen molar-refractivity contribution in [2.24, 2.45) is 17.3 Å². The molecule has 1 amide bonds. The normalized spacial score (nSPS) is 25.1. The molecular weight excluding hydrogens is 467 g/mol. The molecule has 4 unspecified atom stereocenters. The molecule has 202 valence electrons. The highest BCUT2D eigenvalue weighted by molar-refractivity contribution is 5.85. The van der Waals surface area contributed by atoms with Crippen LogP contribution in [0.2, 0.25) is 0 Å². The molecule has 1 saturated carbocycles. The largest absolute Gasteiger partial charge is 0.385 e. The molecule has 1 heterocycles. The summed E-state index contributed by atoms with van der Waals surface area (Å²) >= 11 is 0. The van der Waals surface area contributed by atoms with Crippen LogP contribution in [-0.4, -0.2) is 56.3 Å². The average Bonchev–Trinajstić information content (AvgIpc) is 3.56. The van der Waals surface area contributed by atoms with Crippen molar-refractivity contribution in [2.75, 3.05) is 40.4 Å². The van der Waals surface area contributed by atoms with Gasteiger partial charge in [0.05, 0.1) is 11.0 Å². The summed E-state index contributed by atoms with van der Waals surface area (Å²) in [5.41, 5.74) is 1.31. The quantitative estimate of drug-likeness (QED) is 0.403. The van der Waals surface area contributed by atoms with Crippen LogP contribution in [0.3, 0.4) is 0 Å². The van der Waals surface area contributed by atoms with Gasteiger partial charge in [-0.05, 0) is 82.2 Å². The number of hydrogen-bond donors (Lipinski definition) is 2. The van der Waals surface area contributed by atoms with Crippen molar-refractivity contribution >= 4 is 5.91 Å². The van der Waals surface area contributed by atoms with Gasteiger partial charge in [-0.1, -0.05) is 48.9 Å². The molecular formula is C31H43FN2O3. The van der Waals surface area contributed by atoms with Gasteiger partial charge in [-0.2, -0.15) is 0 Å². The lowest BCUT2D eigenvalue weighted by atomic mass is 9.71. The number of benzene rings is 2. The number of carbonyl (C=O) groups is 1. The zero-order valence-corrected chi connectivity index (χ0v) is 22.9. The van der Waals surface area contributed by atoms with Crippen molar-refractivity contribution in [3.63, 3.8) is 0 Å². The van der Waals surface area contributed by atoms with Crippen molar-refractivity contribution < 1.29 is 19.0 Å². The Balaban J connectivity index is 1.68. The van der Waals surface area contributed by atoms with E-state index in [1.807, 2.05) is 49.2 Å². The molecule has 5 nitrogen and oxygen atoms in total. The summed E-state index contributed by atoms with van der Waals surface area (Å²) in [6.45, 7) is 6.72. The van der Waals surface area contributed by atoms with Gasteiger partial charge in [0.2, 0.25) is 5.91 Å². The second-order valence-electron chi connectivity index (χ2n) is 11.4. The number of amides is 1. The van der Waals surface area contributed by atoms with E-state index in [9.17, 15) is 9.90 Å². The standard InChI is InChI=1S/C31H43FN2O3/c1-22-10-7-11-23(18-22)28-26(13-8-14-27(28)32)31(36,15-5-6-17-37-4)24-12-9-16-34(21-24)29(35)30(2)19-25(30)20-33-3/h7-8,10-11,13-14,18,24-25,33,36H,5-6,9,12,15-17,19-21H2,1-4H3. The Kier molecular flexibility index (Phi) is 8.72. The Bertz CT molecular complexity index is 1090. The molecule has 0 bridgehead atoms.